The summed E-state index contributed by atoms with van der Waals surface area (Å²) >= 11 is 0. The number of hydrogen-bond donors (Lipinski definition) is 0. The van der Waals surface area contributed by atoms with Crippen molar-refractivity contribution in [1.82, 2.24) is 0 Å². The summed E-state index contributed by atoms with van der Waals surface area (Å²) in [6.45, 7) is 0. The highest BCUT2D eigenvalue weighted by molar-refractivity contribution is 5.92. The number of fused-ring (bicyclic) bond motifs is 1. The minimum absolute atomic E-state index is 0.175. The fourth-order valence-electron chi connectivity index (χ4n) is 3.98. The molecule has 0 aromatic heterocycles. The van der Waals surface area contributed by atoms with E-state index in [0.717, 1.165) is 19.3 Å². The molecule has 0 radical (unpaired) electrons. The van der Waals surface area contributed by atoms with E-state index in [1.165, 1.54) is 23.1 Å². The van der Waals surface area contributed by atoms with Gasteiger partial charge in [-0.2, -0.15) is 0 Å². The fraction of sp³-hybridized carbons (Fsp3) is 0.350. The Morgan fingerprint density at radius 2 is 1.71 bits per heavy atom. The van der Waals surface area contributed by atoms with Gasteiger partial charge in [0.25, 0.3) is 0 Å². The van der Waals surface area contributed by atoms with E-state index < -0.39 is 0 Å². The second-order valence-corrected chi connectivity index (χ2v) is 6.53. The maximum atomic E-state index is 13.0. The van der Waals surface area contributed by atoms with Gasteiger partial charge in [-0.15, -0.1) is 0 Å². The highest BCUT2D eigenvalue weighted by atomic mass is 16.1. The van der Waals surface area contributed by atoms with Crippen LogP contribution in [0.5, 0.6) is 0 Å². The molecule has 1 unspecified atom stereocenters. The van der Waals surface area contributed by atoms with E-state index >= 15 is 0 Å². The van der Waals surface area contributed by atoms with E-state index in [2.05, 4.69) is 48.5 Å². The van der Waals surface area contributed by atoms with Crippen molar-refractivity contribution in [2.45, 2.75) is 43.4 Å². The van der Waals surface area contributed by atoms with Gasteiger partial charge in [-0.05, 0) is 41.9 Å². The van der Waals surface area contributed by atoms with Gasteiger partial charge in [-0.3, -0.25) is 4.79 Å². The van der Waals surface area contributed by atoms with E-state index in [-0.39, 0.29) is 5.41 Å². The number of ketones is 1. The molecule has 1 atom stereocenters. The summed E-state index contributed by atoms with van der Waals surface area (Å²) in [4.78, 5) is 13.0. The number of carbonyl (C=O) groups excluding carboxylic acids is 1. The number of hydrogen-bond acceptors (Lipinski definition) is 1. The fourth-order valence-corrected chi connectivity index (χ4v) is 3.98. The number of carbonyl (C=O) groups is 1. The van der Waals surface area contributed by atoms with Crippen LogP contribution in [0.15, 0.2) is 54.6 Å². The Balaban J connectivity index is 1.55. The monoisotopic (exact) mass is 276 g/mol. The predicted molar refractivity (Wildman–Crippen MR) is 84.5 cm³/mol. The molecule has 4 rings (SSSR count). The zero-order chi connectivity index (χ0) is 14.3. The average molecular weight is 276 g/mol. The maximum Gasteiger partial charge on any atom is 0.144 e. The number of rotatable bonds is 4. The molecular formula is C20H20O. The van der Waals surface area contributed by atoms with Crippen molar-refractivity contribution in [3.8, 4) is 0 Å². The Bertz CT molecular complexity index is 667. The first-order valence-electron chi connectivity index (χ1n) is 7.96. The zero-order valence-corrected chi connectivity index (χ0v) is 12.2. The van der Waals surface area contributed by atoms with Crippen molar-refractivity contribution >= 4 is 5.78 Å². The Hall–Kier alpha value is -1.89. The lowest BCUT2D eigenvalue weighted by atomic mass is 9.59. The highest BCUT2D eigenvalue weighted by Gasteiger charge is 2.46. The van der Waals surface area contributed by atoms with Crippen LogP contribution in [0.2, 0.25) is 0 Å². The average Bonchev–Trinajstić information content (AvgIpc) is 2.45. The molecule has 1 nitrogen and oxygen atoms in total. The summed E-state index contributed by atoms with van der Waals surface area (Å²) in [7, 11) is 0. The molecule has 2 aliphatic carbocycles. The van der Waals surface area contributed by atoms with Gasteiger partial charge in [0, 0.05) is 6.42 Å². The molecular weight excluding hydrogens is 256 g/mol. The Labute approximate surface area is 126 Å². The summed E-state index contributed by atoms with van der Waals surface area (Å²) in [6.07, 6.45) is 5.04. The highest BCUT2D eigenvalue weighted by Crippen LogP contribution is 2.48. The molecule has 1 fully saturated rings. The Morgan fingerprint density at radius 3 is 2.38 bits per heavy atom. The van der Waals surface area contributed by atoms with E-state index in [0.29, 0.717) is 18.1 Å². The van der Waals surface area contributed by atoms with Gasteiger partial charge < -0.3 is 0 Å². The minimum atomic E-state index is -0.175. The van der Waals surface area contributed by atoms with Crippen molar-refractivity contribution in [3.05, 3.63) is 71.3 Å². The van der Waals surface area contributed by atoms with Crippen molar-refractivity contribution in [2.75, 3.05) is 0 Å². The maximum absolute atomic E-state index is 13.0. The smallest absolute Gasteiger partial charge is 0.144 e. The molecule has 0 amide bonds. The molecule has 0 saturated heterocycles. The lowest BCUT2D eigenvalue weighted by Crippen LogP contribution is -2.43. The van der Waals surface area contributed by atoms with Gasteiger partial charge in [-0.25, -0.2) is 0 Å². The van der Waals surface area contributed by atoms with Crippen molar-refractivity contribution < 1.29 is 4.79 Å². The third-order valence-corrected chi connectivity index (χ3v) is 5.46. The van der Waals surface area contributed by atoms with Crippen molar-refractivity contribution in [2.24, 2.45) is 0 Å². The lowest BCUT2D eigenvalue weighted by Gasteiger charge is -2.43. The van der Waals surface area contributed by atoms with E-state index in [1.807, 2.05) is 6.07 Å². The third-order valence-electron chi connectivity index (χ3n) is 5.46. The quantitative estimate of drug-likeness (QED) is 0.808. The lowest BCUT2D eigenvalue weighted by molar-refractivity contribution is -0.128. The van der Waals surface area contributed by atoms with Crippen LogP contribution in [0.25, 0.3) is 0 Å². The van der Waals surface area contributed by atoms with Crippen LogP contribution < -0.4 is 0 Å². The molecule has 1 heteroatoms. The minimum Gasteiger partial charge on any atom is -0.299 e. The van der Waals surface area contributed by atoms with Gasteiger partial charge in [0.05, 0.1) is 5.41 Å². The summed E-state index contributed by atoms with van der Waals surface area (Å²) in [5.41, 5.74) is 3.88. The normalized spacial score (nSPS) is 21.8. The molecule has 0 N–H and O–H groups in total. The summed E-state index contributed by atoms with van der Waals surface area (Å²) in [6, 6.07) is 19.0. The van der Waals surface area contributed by atoms with Crippen molar-refractivity contribution in [3.63, 3.8) is 0 Å². The standard InChI is InChI=1S/C20H20O/c21-19(14-16-13-15-7-4-5-10-18(15)16)20(11-6-12-20)17-8-2-1-3-9-17/h1-5,7-10,16H,6,11-14H2. The molecule has 1 saturated carbocycles. The van der Waals surface area contributed by atoms with Crippen molar-refractivity contribution in [1.29, 1.82) is 0 Å². The van der Waals surface area contributed by atoms with Crippen LogP contribution >= 0.6 is 0 Å². The number of Topliss-reactive ketones (excluding diaryl/α,β-unsaturated/α-hetero) is 1. The van der Waals surface area contributed by atoms with Crippen LogP contribution in [-0.4, -0.2) is 5.78 Å². The number of benzene rings is 2. The molecule has 0 heterocycles. The summed E-state index contributed by atoms with van der Waals surface area (Å²) in [5, 5.41) is 0. The van der Waals surface area contributed by atoms with Crippen LogP contribution in [0.1, 0.15) is 48.3 Å². The second kappa shape index (κ2) is 4.84. The van der Waals surface area contributed by atoms with Crippen LogP contribution in [-0.2, 0) is 16.6 Å². The molecule has 106 valence electrons. The van der Waals surface area contributed by atoms with E-state index in [4.69, 9.17) is 0 Å². The molecule has 0 bridgehead atoms. The first-order valence-corrected chi connectivity index (χ1v) is 7.96. The van der Waals surface area contributed by atoms with E-state index in [1.54, 1.807) is 0 Å². The Morgan fingerprint density at radius 1 is 1.00 bits per heavy atom. The van der Waals surface area contributed by atoms with Gasteiger partial charge in [0.15, 0.2) is 0 Å². The topological polar surface area (TPSA) is 17.1 Å². The molecule has 2 aromatic carbocycles. The van der Waals surface area contributed by atoms with Gasteiger partial charge in [0.1, 0.15) is 5.78 Å². The van der Waals surface area contributed by atoms with Gasteiger partial charge in [0.2, 0.25) is 0 Å². The first-order chi connectivity index (χ1) is 10.3. The van der Waals surface area contributed by atoms with Gasteiger partial charge >= 0.3 is 0 Å². The first kappa shape index (κ1) is 12.8. The summed E-state index contributed by atoms with van der Waals surface area (Å²) in [5.74, 6) is 0.911. The molecule has 0 spiro atoms. The third kappa shape index (κ3) is 1.95. The van der Waals surface area contributed by atoms with E-state index in [9.17, 15) is 4.79 Å². The van der Waals surface area contributed by atoms with Crippen LogP contribution in [0, 0.1) is 0 Å². The molecule has 0 aliphatic heterocycles. The second-order valence-electron chi connectivity index (χ2n) is 6.53. The van der Waals surface area contributed by atoms with Crippen LogP contribution in [0.3, 0.4) is 0 Å². The zero-order valence-electron chi connectivity index (χ0n) is 12.2. The predicted octanol–water partition coefficient (Wildman–Crippen LogP) is 4.41. The summed E-state index contributed by atoms with van der Waals surface area (Å²) < 4.78 is 0. The van der Waals surface area contributed by atoms with Gasteiger partial charge in [-0.1, -0.05) is 61.0 Å². The van der Waals surface area contributed by atoms with Crippen LogP contribution in [0.4, 0.5) is 0 Å². The largest absolute Gasteiger partial charge is 0.299 e. The Kier molecular flexibility index (Phi) is 2.95. The molecule has 21 heavy (non-hydrogen) atoms. The SMILES string of the molecule is O=C(CC1Cc2ccccc21)C1(c2ccccc2)CCC1. The molecule has 2 aliphatic rings. The molecule has 2 aromatic rings.